The molecule has 0 aromatic heterocycles. The van der Waals surface area contributed by atoms with Crippen LogP contribution in [0, 0.1) is 0 Å². The first-order chi connectivity index (χ1) is 10.2. The van der Waals surface area contributed by atoms with Crippen LogP contribution in [0.1, 0.15) is 52.4 Å². The Morgan fingerprint density at radius 3 is 2.71 bits per heavy atom. The molecule has 2 N–H and O–H groups in total. The number of nitrogens with two attached hydrogens (primary N) is 1. The zero-order valence-electron chi connectivity index (χ0n) is 14.1. The van der Waals surface area contributed by atoms with Crippen molar-refractivity contribution in [2.75, 3.05) is 45.9 Å². The van der Waals surface area contributed by atoms with Gasteiger partial charge >= 0.3 is 0 Å². The van der Waals surface area contributed by atoms with Gasteiger partial charge in [0.2, 0.25) is 0 Å². The zero-order valence-corrected chi connectivity index (χ0v) is 14.1. The maximum absolute atomic E-state index is 6.28. The van der Waals surface area contributed by atoms with Gasteiger partial charge in [-0.1, -0.05) is 13.8 Å². The van der Waals surface area contributed by atoms with E-state index in [1.54, 1.807) is 0 Å². The second-order valence-corrected chi connectivity index (χ2v) is 6.80. The Morgan fingerprint density at radius 2 is 2.10 bits per heavy atom. The first-order valence-electron chi connectivity index (χ1n) is 9.03. The van der Waals surface area contributed by atoms with Crippen LogP contribution in [0.25, 0.3) is 0 Å². The normalized spacial score (nSPS) is 31.7. The van der Waals surface area contributed by atoms with Gasteiger partial charge in [0.1, 0.15) is 0 Å². The van der Waals surface area contributed by atoms with Crippen LogP contribution < -0.4 is 5.73 Å². The van der Waals surface area contributed by atoms with Gasteiger partial charge in [0.05, 0.1) is 6.10 Å². The summed E-state index contributed by atoms with van der Waals surface area (Å²) >= 11 is 0. The smallest absolute Gasteiger partial charge is 0.0703 e. The van der Waals surface area contributed by atoms with Crippen molar-refractivity contribution in [2.45, 2.75) is 64.0 Å². The second-order valence-electron chi connectivity index (χ2n) is 6.80. The van der Waals surface area contributed by atoms with Crippen LogP contribution in [0.15, 0.2) is 0 Å². The molecular weight excluding hydrogens is 262 g/mol. The van der Waals surface area contributed by atoms with Gasteiger partial charge < -0.3 is 15.4 Å². The van der Waals surface area contributed by atoms with Crippen LogP contribution >= 0.6 is 0 Å². The lowest BCUT2D eigenvalue weighted by Gasteiger charge is -2.43. The third kappa shape index (κ3) is 4.41. The van der Waals surface area contributed by atoms with Gasteiger partial charge in [0, 0.05) is 25.2 Å². The van der Waals surface area contributed by atoms with Gasteiger partial charge in [-0.05, 0) is 64.7 Å². The maximum atomic E-state index is 6.28. The van der Waals surface area contributed by atoms with Crippen LogP contribution in [0.2, 0.25) is 0 Å². The Kier molecular flexibility index (Phi) is 6.93. The number of hydrogen-bond acceptors (Lipinski definition) is 4. The van der Waals surface area contributed by atoms with E-state index < -0.39 is 0 Å². The minimum absolute atomic E-state index is 0.198. The highest BCUT2D eigenvalue weighted by Crippen LogP contribution is 2.29. The number of nitrogens with zero attached hydrogens (tertiary/aromatic N) is 2. The molecule has 2 fully saturated rings. The number of rotatable bonds is 7. The third-order valence-corrected chi connectivity index (χ3v) is 5.43. The van der Waals surface area contributed by atoms with Gasteiger partial charge in [0.15, 0.2) is 0 Å². The van der Waals surface area contributed by atoms with Crippen molar-refractivity contribution in [2.24, 2.45) is 5.73 Å². The Balaban J connectivity index is 1.99. The molecule has 0 spiro atoms. The largest absolute Gasteiger partial charge is 0.377 e. The first kappa shape index (κ1) is 17.2. The quantitative estimate of drug-likeness (QED) is 0.781. The van der Waals surface area contributed by atoms with Gasteiger partial charge in [-0.15, -0.1) is 0 Å². The van der Waals surface area contributed by atoms with Crippen molar-refractivity contribution < 1.29 is 4.74 Å². The van der Waals surface area contributed by atoms with Crippen molar-refractivity contribution in [1.29, 1.82) is 0 Å². The summed E-state index contributed by atoms with van der Waals surface area (Å²) in [6.07, 6.45) is 7.86. The molecule has 4 nitrogen and oxygen atoms in total. The van der Waals surface area contributed by atoms with E-state index in [0.717, 1.165) is 26.2 Å². The molecule has 2 unspecified atom stereocenters. The molecule has 2 aliphatic heterocycles. The fourth-order valence-corrected chi connectivity index (χ4v) is 4.12. The minimum atomic E-state index is 0.198. The van der Waals surface area contributed by atoms with E-state index in [0.29, 0.717) is 6.10 Å². The van der Waals surface area contributed by atoms with Gasteiger partial charge in [-0.25, -0.2) is 0 Å². The van der Waals surface area contributed by atoms with Crippen molar-refractivity contribution in [3.63, 3.8) is 0 Å². The fourth-order valence-electron chi connectivity index (χ4n) is 4.12. The lowest BCUT2D eigenvalue weighted by molar-refractivity contribution is 0.0171. The summed E-state index contributed by atoms with van der Waals surface area (Å²) < 4.78 is 5.86. The van der Waals surface area contributed by atoms with Crippen LogP contribution in [-0.4, -0.2) is 67.3 Å². The molecule has 2 saturated heterocycles. The van der Waals surface area contributed by atoms with E-state index in [1.807, 2.05) is 0 Å². The monoisotopic (exact) mass is 297 g/mol. The van der Waals surface area contributed by atoms with E-state index in [2.05, 4.69) is 23.6 Å². The van der Waals surface area contributed by atoms with E-state index >= 15 is 0 Å². The van der Waals surface area contributed by atoms with E-state index in [9.17, 15) is 0 Å². The second kappa shape index (κ2) is 8.47. The SMILES string of the molecule is CCCN1CCCC(CN)(N(CC)CC2CCCO2)CC1. The summed E-state index contributed by atoms with van der Waals surface area (Å²) in [5.41, 5.74) is 6.47. The Morgan fingerprint density at radius 1 is 1.24 bits per heavy atom. The van der Waals surface area contributed by atoms with Crippen LogP contribution in [-0.2, 0) is 4.74 Å². The number of ether oxygens (including phenoxy) is 1. The number of likely N-dealkylation sites (N-methyl/N-ethyl adjacent to an activating group) is 1. The molecule has 2 atom stereocenters. The fraction of sp³-hybridized carbons (Fsp3) is 1.00. The van der Waals surface area contributed by atoms with E-state index in [4.69, 9.17) is 10.5 Å². The number of hydrogen-bond donors (Lipinski definition) is 1. The summed E-state index contributed by atoms with van der Waals surface area (Å²) in [6, 6.07) is 0. The summed E-state index contributed by atoms with van der Waals surface area (Å²) in [7, 11) is 0. The van der Waals surface area contributed by atoms with Crippen LogP contribution in [0.3, 0.4) is 0 Å². The molecule has 0 aromatic rings. The summed E-state index contributed by atoms with van der Waals surface area (Å²) in [5, 5.41) is 0. The molecule has 0 radical (unpaired) electrons. The molecule has 0 aliphatic carbocycles. The highest BCUT2D eigenvalue weighted by atomic mass is 16.5. The van der Waals surface area contributed by atoms with Crippen molar-refractivity contribution in [1.82, 2.24) is 9.80 Å². The third-order valence-electron chi connectivity index (χ3n) is 5.43. The van der Waals surface area contributed by atoms with E-state index in [-0.39, 0.29) is 5.54 Å². The highest BCUT2D eigenvalue weighted by Gasteiger charge is 2.37. The zero-order chi connectivity index (χ0) is 15.1. The molecule has 4 heteroatoms. The van der Waals surface area contributed by atoms with Crippen molar-refractivity contribution in [3.05, 3.63) is 0 Å². The van der Waals surface area contributed by atoms with Crippen LogP contribution in [0.4, 0.5) is 0 Å². The molecule has 0 saturated carbocycles. The first-order valence-corrected chi connectivity index (χ1v) is 9.03. The summed E-state index contributed by atoms with van der Waals surface area (Å²) in [6.45, 7) is 12.1. The molecular formula is C17H35N3O. The molecule has 0 amide bonds. The lowest BCUT2D eigenvalue weighted by atomic mass is 9.88. The average Bonchev–Trinajstić information content (AvgIpc) is 2.93. The molecule has 2 aliphatic rings. The molecule has 2 heterocycles. The highest BCUT2D eigenvalue weighted by molar-refractivity contribution is 4.95. The predicted molar refractivity (Wildman–Crippen MR) is 88.6 cm³/mol. The minimum Gasteiger partial charge on any atom is -0.377 e. The Bertz CT molecular complexity index is 294. The Hall–Kier alpha value is -0.160. The van der Waals surface area contributed by atoms with Crippen LogP contribution in [0.5, 0.6) is 0 Å². The molecule has 0 bridgehead atoms. The maximum Gasteiger partial charge on any atom is 0.0703 e. The molecule has 2 rings (SSSR count). The average molecular weight is 297 g/mol. The topological polar surface area (TPSA) is 41.7 Å². The molecule has 21 heavy (non-hydrogen) atoms. The summed E-state index contributed by atoms with van der Waals surface area (Å²) in [4.78, 5) is 5.26. The van der Waals surface area contributed by atoms with Gasteiger partial charge in [-0.3, -0.25) is 4.90 Å². The van der Waals surface area contributed by atoms with Gasteiger partial charge in [-0.2, -0.15) is 0 Å². The number of likely N-dealkylation sites (tertiary alicyclic amines) is 1. The van der Waals surface area contributed by atoms with E-state index in [1.165, 1.54) is 58.2 Å². The van der Waals surface area contributed by atoms with Gasteiger partial charge in [0.25, 0.3) is 0 Å². The predicted octanol–water partition coefficient (Wildman–Crippen LogP) is 2.08. The molecule has 124 valence electrons. The standard InChI is InChI=1S/C17H35N3O/c1-3-10-19-11-6-8-17(15-18,9-12-19)20(4-2)14-16-7-5-13-21-16/h16H,3-15,18H2,1-2H3. The summed E-state index contributed by atoms with van der Waals surface area (Å²) in [5.74, 6) is 0. The molecule has 0 aromatic carbocycles. The van der Waals surface area contributed by atoms with Crippen molar-refractivity contribution >= 4 is 0 Å². The lowest BCUT2D eigenvalue weighted by Crippen LogP contribution is -2.56. The Labute approximate surface area is 131 Å². The van der Waals surface area contributed by atoms with Crippen molar-refractivity contribution in [3.8, 4) is 0 Å².